The number of thioether (sulfide) groups is 1. The number of rotatable bonds is 10. The molecule has 0 atom stereocenters. The second kappa shape index (κ2) is 11.0. The highest BCUT2D eigenvalue weighted by Gasteiger charge is 2.13. The van der Waals surface area contributed by atoms with E-state index in [0.717, 1.165) is 5.56 Å². The zero-order chi connectivity index (χ0) is 20.5. The molecule has 0 aliphatic rings. The molecule has 28 heavy (non-hydrogen) atoms. The summed E-state index contributed by atoms with van der Waals surface area (Å²) in [6.07, 6.45) is 1.53. The van der Waals surface area contributed by atoms with E-state index in [1.165, 1.54) is 28.5 Å². The average molecular weight is 408 g/mol. The van der Waals surface area contributed by atoms with Crippen molar-refractivity contribution in [2.45, 2.75) is 31.3 Å². The molecule has 0 fully saturated rings. The fraction of sp³-hybridized carbons (Fsp3) is 0.450. The Morgan fingerprint density at radius 1 is 1.32 bits per heavy atom. The molecule has 6 nitrogen and oxygen atoms in total. The van der Waals surface area contributed by atoms with Crippen molar-refractivity contribution in [2.75, 3.05) is 26.0 Å². The second-order valence-corrected chi connectivity index (χ2v) is 7.48. The number of carbonyl (C=O) groups is 1. The number of aryl methyl sites for hydroxylation is 1. The van der Waals surface area contributed by atoms with Gasteiger partial charge >= 0.3 is 0 Å². The van der Waals surface area contributed by atoms with Crippen LogP contribution in [0.3, 0.4) is 0 Å². The topological polar surface area (TPSA) is 73.2 Å². The van der Waals surface area contributed by atoms with Gasteiger partial charge in [0.1, 0.15) is 5.82 Å². The molecule has 1 N–H and O–H groups in total. The molecule has 0 aliphatic heterocycles. The highest BCUT2D eigenvalue weighted by Crippen LogP contribution is 2.18. The molecule has 1 heterocycles. The average Bonchev–Trinajstić information content (AvgIpc) is 2.67. The SMILES string of the molecule is COCCNC(=O)CCCSc1nc(C)c(Cc2ccc(F)cc2)c(=O)n1C. The van der Waals surface area contributed by atoms with Crippen LogP contribution >= 0.6 is 11.8 Å². The van der Waals surface area contributed by atoms with Crippen molar-refractivity contribution in [2.24, 2.45) is 7.05 Å². The predicted molar refractivity (Wildman–Crippen MR) is 108 cm³/mol. The first kappa shape index (κ1) is 22.1. The smallest absolute Gasteiger partial charge is 0.257 e. The largest absolute Gasteiger partial charge is 0.383 e. The van der Waals surface area contributed by atoms with Gasteiger partial charge in [0.2, 0.25) is 5.91 Å². The maximum absolute atomic E-state index is 13.1. The molecule has 0 radical (unpaired) electrons. The fourth-order valence-electron chi connectivity index (χ4n) is 2.65. The van der Waals surface area contributed by atoms with E-state index < -0.39 is 0 Å². The van der Waals surface area contributed by atoms with E-state index in [1.807, 2.05) is 6.92 Å². The van der Waals surface area contributed by atoms with Crippen molar-refractivity contribution in [1.82, 2.24) is 14.9 Å². The normalized spacial score (nSPS) is 10.9. The molecule has 1 amide bonds. The zero-order valence-electron chi connectivity index (χ0n) is 16.5. The fourth-order valence-corrected chi connectivity index (χ4v) is 3.60. The van der Waals surface area contributed by atoms with Crippen molar-refractivity contribution in [3.05, 3.63) is 57.3 Å². The number of ether oxygens (including phenoxy) is 1. The van der Waals surface area contributed by atoms with Crippen LogP contribution in [0.2, 0.25) is 0 Å². The lowest BCUT2D eigenvalue weighted by Gasteiger charge is -2.12. The number of methoxy groups -OCH3 is 1. The summed E-state index contributed by atoms with van der Waals surface area (Å²) < 4.78 is 19.5. The van der Waals surface area contributed by atoms with Crippen LogP contribution in [0.4, 0.5) is 4.39 Å². The summed E-state index contributed by atoms with van der Waals surface area (Å²) in [6, 6.07) is 6.12. The summed E-state index contributed by atoms with van der Waals surface area (Å²) in [5.41, 5.74) is 2.04. The first-order valence-electron chi connectivity index (χ1n) is 9.11. The molecular weight excluding hydrogens is 381 g/mol. The highest BCUT2D eigenvalue weighted by molar-refractivity contribution is 7.99. The van der Waals surface area contributed by atoms with E-state index in [2.05, 4.69) is 10.3 Å². The molecule has 1 aromatic carbocycles. The van der Waals surface area contributed by atoms with E-state index in [1.54, 1.807) is 26.3 Å². The van der Waals surface area contributed by atoms with E-state index in [9.17, 15) is 14.0 Å². The van der Waals surface area contributed by atoms with Crippen LogP contribution in [0.15, 0.2) is 34.2 Å². The van der Waals surface area contributed by atoms with E-state index in [-0.39, 0.29) is 17.3 Å². The third kappa shape index (κ3) is 6.45. The summed E-state index contributed by atoms with van der Waals surface area (Å²) >= 11 is 1.46. The van der Waals surface area contributed by atoms with Gasteiger partial charge in [0.25, 0.3) is 5.56 Å². The third-order valence-electron chi connectivity index (χ3n) is 4.25. The predicted octanol–water partition coefficient (Wildman–Crippen LogP) is 2.45. The van der Waals surface area contributed by atoms with Crippen LogP contribution in [0, 0.1) is 12.7 Å². The Balaban J connectivity index is 1.95. The monoisotopic (exact) mass is 407 g/mol. The number of amides is 1. The second-order valence-electron chi connectivity index (χ2n) is 6.42. The van der Waals surface area contributed by atoms with Gasteiger partial charge in [0.05, 0.1) is 6.61 Å². The van der Waals surface area contributed by atoms with Crippen LogP contribution in [0.25, 0.3) is 0 Å². The lowest BCUT2D eigenvalue weighted by Crippen LogP contribution is -2.27. The van der Waals surface area contributed by atoms with Crippen LogP contribution in [0.5, 0.6) is 0 Å². The Bertz CT molecular complexity index is 853. The minimum absolute atomic E-state index is 0.00896. The number of nitrogens with zero attached hydrogens (tertiary/aromatic N) is 2. The summed E-state index contributed by atoms with van der Waals surface area (Å²) in [6.45, 7) is 2.82. The van der Waals surface area contributed by atoms with Gasteiger partial charge in [-0.25, -0.2) is 9.37 Å². The maximum Gasteiger partial charge on any atom is 0.257 e. The Hall–Kier alpha value is -2.19. The van der Waals surface area contributed by atoms with Crippen molar-refractivity contribution in [1.29, 1.82) is 0 Å². The number of hydrogen-bond donors (Lipinski definition) is 1. The van der Waals surface area contributed by atoms with E-state index >= 15 is 0 Å². The molecule has 0 aliphatic carbocycles. The summed E-state index contributed by atoms with van der Waals surface area (Å²) in [5, 5.41) is 3.41. The van der Waals surface area contributed by atoms with E-state index in [0.29, 0.717) is 54.6 Å². The molecule has 2 rings (SSSR count). The van der Waals surface area contributed by atoms with Gasteiger partial charge in [-0.1, -0.05) is 23.9 Å². The van der Waals surface area contributed by atoms with Gasteiger partial charge in [0.15, 0.2) is 5.16 Å². The molecule has 0 bridgehead atoms. The van der Waals surface area contributed by atoms with Crippen molar-refractivity contribution in [3.8, 4) is 0 Å². The zero-order valence-corrected chi connectivity index (χ0v) is 17.3. The molecule has 2 aromatic rings. The first-order valence-corrected chi connectivity index (χ1v) is 10.1. The molecule has 1 aromatic heterocycles. The summed E-state index contributed by atoms with van der Waals surface area (Å²) in [5.74, 6) is 0.380. The molecule has 0 unspecified atom stereocenters. The van der Waals surface area contributed by atoms with Gasteiger partial charge < -0.3 is 10.1 Å². The molecule has 8 heteroatoms. The van der Waals surface area contributed by atoms with Crippen molar-refractivity contribution in [3.63, 3.8) is 0 Å². The number of aromatic nitrogens is 2. The Morgan fingerprint density at radius 3 is 2.71 bits per heavy atom. The Labute approximate surface area is 168 Å². The summed E-state index contributed by atoms with van der Waals surface area (Å²) in [4.78, 5) is 29.0. The minimum Gasteiger partial charge on any atom is -0.383 e. The standard InChI is InChI=1S/C20H26FN3O3S/c1-14-17(13-15-6-8-16(21)9-7-15)19(26)24(2)20(23-14)28-12-4-5-18(25)22-10-11-27-3/h6-9H,4-5,10-13H2,1-3H3,(H,22,25). The number of carbonyl (C=O) groups excluding carboxylic acids is 1. The van der Waals surface area contributed by atoms with Crippen LogP contribution in [-0.2, 0) is 23.0 Å². The van der Waals surface area contributed by atoms with E-state index in [4.69, 9.17) is 4.74 Å². The maximum atomic E-state index is 13.1. The lowest BCUT2D eigenvalue weighted by atomic mass is 10.1. The van der Waals surface area contributed by atoms with Gasteiger partial charge in [0, 0.05) is 50.6 Å². The quantitative estimate of drug-likeness (QED) is 0.372. The van der Waals surface area contributed by atoms with Gasteiger partial charge in [-0.3, -0.25) is 14.2 Å². The minimum atomic E-state index is -0.300. The van der Waals surface area contributed by atoms with Gasteiger partial charge in [-0.05, 0) is 31.0 Å². The number of halogens is 1. The number of nitrogens with one attached hydrogen (secondary N) is 1. The molecular formula is C20H26FN3O3S. The van der Waals surface area contributed by atoms with Crippen LogP contribution < -0.4 is 10.9 Å². The lowest BCUT2D eigenvalue weighted by molar-refractivity contribution is -0.121. The Kier molecular flexibility index (Phi) is 8.66. The molecule has 0 saturated carbocycles. The molecule has 0 saturated heterocycles. The van der Waals surface area contributed by atoms with Crippen molar-refractivity contribution < 1.29 is 13.9 Å². The summed E-state index contributed by atoms with van der Waals surface area (Å²) in [7, 11) is 3.29. The van der Waals surface area contributed by atoms with Gasteiger partial charge in [-0.2, -0.15) is 0 Å². The van der Waals surface area contributed by atoms with Gasteiger partial charge in [-0.15, -0.1) is 0 Å². The highest BCUT2D eigenvalue weighted by atomic mass is 32.2. The van der Waals surface area contributed by atoms with Crippen molar-refractivity contribution >= 4 is 17.7 Å². The number of benzene rings is 1. The molecule has 0 spiro atoms. The third-order valence-corrected chi connectivity index (χ3v) is 5.37. The van der Waals surface area contributed by atoms with Crippen LogP contribution in [0.1, 0.15) is 29.7 Å². The molecule has 152 valence electrons. The first-order chi connectivity index (χ1) is 13.4. The number of hydrogen-bond acceptors (Lipinski definition) is 5. The Morgan fingerprint density at radius 2 is 2.04 bits per heavy atom. The van der Waals surface area contributed by atoms with Crippen LogP contribution in [-0.4, -0.2) is 41.5 Å².